The van der Waals surface area contributed by atoms with E-state index in [0.717, 1.165) is 6.07 Å². The summed E-state index contributed by atoms with van der Waals surface area (Å²) in [6.07, 6.45) is 0.00667. The van der Waals surface area contributed by atoms with Crippen LogP contribution in [0.25, 0.3) is 22.2 Å². The average Bonchev–Trinajstić information content (AvgIpc) is 3.15. The lowest BCUT2D eigenvalue weighted by Crippen LogP contribution is -2.44. The fraction of sp³-hybridized carbons (Fsp3) is 0.318. The summed E-state index contributed by atoms with van der Waals surface area (Å²) in [5.41, 5.74) is -1.04. The van der Waals surface area contributed by atoms with E-state index in [1.54, 1.807) is 18.5 Å². The molecule has 2 aliphatic heterocycles. The van der Waals surface area contributed by atoms with Crippen LogP contribution in [0.2, 0.25) is 0 Å². The first kappa shape index (κ1) is 19.5. The second kappa shape index (κ2) is 6.27. The van der Waals surface area contributed by atoms with Crippen LogP contribution >= 0.6 is 0 Å². The summed E-state index contributed by atoms with van der Waals surface area (Å²) in [5.74, 6) is -1.24. The Labute approximate surface area is 175 Å². The van der Waals surface area contributed by atoms with Gasteiger partial charge in [-0.2, -0.15) is 0 Å². The van der Waals surface area contributed by atoms with Gasteiger partial charge in [0, 0.05) is 18.7 Å². The van der Waals surface area contributed by atoms with Crippen molar-refractivity contribution in [1.82, 2.24) is 9.13 Å². The van der Waals surface area contributed by atoms with Crippen LogP contribution in [-0.2, 0) is 35.3 Å². The lowest BCUT2D eigenvalue weighted by molar-refractivity contribution is -0.172. The van der Waals surface area contributed by atoms with Crippen molar-refractivity contribution in [3.05, 3.63) is 61.4 Å². The summed E-state index contributed by atoms with van der Waals surface area (Å²) in [7, 11) is 3.11. The Balaban J connectivity index is 1.90. The molecule has 1 N–H and O–H groups in total. The third kappa shape index (κ3) is 2.35. The third-order valence-electron chi connectivity index (χ3n) is 6.37. The van der Waals surface area contributed by atoms with E-state index in [0.29, 0.717) is 11.2 Å². The molecule has 2 aliphatic rings. The van der Waals surface area contributed by atoms with Crippen molar-refractivity contribution in [2.24, 2.45) is 7.05 Å². The predicted molar refractivity (Wildman–Crippen MR) is 108 cm³/mol. The SMILES string of the molecule is CC[C@@]1(O)C(=O)OCc2c1cc1n(c2=O)Cc2c-1c(=O)c1cc(F)cc(OC)c1n2C. The van der Waals surface area contributed by atoms with Gasteiger partial charge < -0.3 is 23.7 Å². The standard InChI is InChI=1S/C22H19FN2O6/c1-4-22(29)13-7-14-17-15(8-25(14)20(27)12(13)9-31-21(22)28)24(2)18-11(19(17)26)5-10(23)6-16(18)30-3/h5-7,29H,4,8-9H2,1-3H3/t22-/m0/s1. The molecule has 2 aromatic heterocycles. The maximum absolute atomic E-state index is 14.2. The number of methoxy groups -OCH3 is 1. The van der Waals surface area contributed by atoms with Crippen molar-refractivity contribution >= 4 is 16.9 Å². The molecule has 0 saturated carbocycles. The van der Waals surface area contributed by atoms with Gasteiger partial charge in [0.1, 0.15) is 18.2 Å². The number of halogens is 1. The van der Waals surface area contributed by atoms with E-state index >= 15 is 0 Å². The number of aliphatic hydroxyl groups is 1. The Hall–Kier alpha value is -3.46. The van der Waals surface area contributed by atoms with E-state index in [4.69, 9.17) is 9.47 Å². The van der Waals surface area contributed by atoms with Crippen LogP contribution in [-0.4, -0.2) is 27.3 Å². The van der Waals surface area contributed by atoms with Crippen molar-refractivity contribution in [3.63, 3.8) is 0 Å². The van der Waals surface area contributed by atoms with Crippen LogP contribution in [0.1, 0.15) is 30.2 Å². The van der Waals surface area contributed by atoms with Gasteiger partial charge in [-0.3, -0.25) is 9.59 Å². The first-order chi connectivity index (χ1) is 14.7. The number of esters is 1. The molecule has 1 atom stereocenters. The lowest BCUT2D eigenvalue weighted by atomic mass is 9.86. The molecule has 0 spiro atoms. The zero-order chi connectivity index (χ0) is 22.2. The van der Waals surface area contributed by atoms with Gasteiger partial charge in [-0.1, -0.05) is 6.92 Å². The highest BCUT2D eigenvalue weighted by Crippen LogP contribution is 2.39. The number of pyridine rings is 2. The van der Waals surface area contributed by atoms with Gasteiger partial charge in [-0.25, -0.2) is 9.18 Å². The highest BCUT2D eigenvalue weighted by molar-refractivity contribution is 5.91. The van der Waals surface area contributed by atoms with Crippen molar-refractivity contribution in [2.45, 2.75) is 32.1 Å². The van der Waals surface area contributed by atoms with E-state index in [1.165, 1.54) is 23.8 Å². The highest BCUT2D eigenvalue weighted by atomic mass is 19.1. The van der Waals surface area contributed by atoms with Gasteiger partial charge in [0.2, 0.25) is 0 Å². The number of cyclic esters (lactones) is 1. The molecule has 0 radical (unpaired) electrons. The number of hydrogen-bond donors (Lipinski definition) is 1. The smallest absolute Gasteiger partial charge is 0.343 e. The number of fused-ring (bicyclic) bond motifs is 5. The van der Waals surface area contributed by atoms with Gasteiger partial charge >= 0.3 is 5.97 Å². The number of rotatable bonds is 2. The van der Waals surface area contributed by atoms with Crippen molar-refractivity contribution in [1.29, 1.82) is 0 Å². The summed E-state index contributed by atoms with van der Waals surface area (Å²) in [6.45, 7) is 1.47. The normalized spacial score (nSPS) is 19.1. The molecule has 0 unspecified atom stereocenters. The van der Waals surface area contributed by atoms with Crippen LogP contribution < -0.4 is 15.7 Å². The van der Waals surface area contributed by atoms with Crippen LogP contribution in [0.5, 0.6) is 5.75 Å². The topological polar surface area (TPSA) is 99.8 Å². The molecular weight excluding hydrogens is 407 g/mol. The van der Waals surface area contributed by atoms with E-state index in [1.807, 2.05) is 0 Å². The Morgan fingerprint density at radius 3 is 2.68 bits per heavy atom. The number of hydrogen-bond acceptors (Lipinski definition) is 6. The summed E-state index contributed by atoms with van der Waals surface area (Å²) in [4.78, 5) is 38.9. The molecular formula is C22H19FN2O6. The summed E-state index contributed by atoms with van der Waals surface area (Å²) in [6, 6.07) is 3.85. The molecule has 3 aromatic rings. The maximum atomic E-state index is 14.2. The zero-order valence-corrected chi connectivity index (χ0v) is 17.1. The molecule has 0 saturated heterocycles. The second-order valence-electron chi connectivity index (χ2n) is 7.82. The Bertz CT molecular complexity index is 1440. The minimum absolute atomic E-state index is 0.00667. The number of benzene rings is 1. The monoisotopic (exact) mass is 426 g/mol. The molecule has 0 amide bonds. The first-order valence-electron chi connectivity index (χ1n) is 9.79. The van der Waals surface area contributed by atoms with Gasteiger partial charge in [0.15, 0.2) is 11.0 Å². The molecule has 9 heteroatoms. The van der Waals surface area contributed by atoms with E-state index in [2.05, 4.69) is 0 Å². The van der Waals surface area contributed by atoms with Crippen molar-refractivity contribution in [3.8, 4) is 17.0 Å². The minimum Gasteiger partial charge on any atom is -0.494 e. The fourth-order valence-corrected chi connectivity index (χ4v) is 4.68. The van der Waals surface area contributed by atoms with Gasteiger partial charge in [-0.05, 0) is 18.6 Å². The zero-order valence-electron chi connectivity index (χ0n) is 17.1. The highest BCUT2D eigenvalue weighted by Gasteiger charge is 2.45. The summed E-state index contributed by atoms with van der Waals surface area (Å²) < 4.78 is 27.6. The number of ether oxygens (including phenoxy) is 2. The van der Waals surface area contributed by atoms with Crippen molar-refractivity contribution < 1.29 is 23.8 Å². The van der Waals surface area contributed by atoms with Gasteiger partial charge in [-0.15, -0.1) is 0 Å². The quantitative estimate of drug-likeness (QED) is 0.488. The lowest BCUT2D eigenvalue weighted by Gasteiger charge is -2.31. The molecule has 1 aromatic carbocycles. The van der Waals surface area contributed by atoms with Gasteiger partial charge in [0.25, 0.3) is 5.56 Å². The maximum Gasteiger partial charge on any atom is 0.343 e. The average molecular weight is 426 g/mol. The molecule has 0 aliphatic carbocycles. The number of aryl methyl sites for hydroxylation is 1. The summed E-state index contributed by atoms with van der Waals surface area (Å²) >= 11 is 0. The molecule has 0 fully saturated rings. The molecule has 0 bridgehead atoms. The van der Waals surface area contributed by atoms with Gasteiger partial charge in [0.05, 0.1) is 47.1 Å². The number of nitrogens with zero attached hydrogens (tertiary/aromatic N) is 2. The Kier molecular flexibility index (Phi) is 3.94. The van der Waals surface area contributed by atoms with Crippen molar-refractivity contribution in [2.75, 3.05) is 7.11 Å². The van der Waals surface area contributed by atoms with Crippen LogP contribution in [0.4, 0.5) is 4.39 Å². The number of carbonyl (C=O) groups is 1. The van der Waals surface area contributed by atoms with Crippen LogP contribution in [0, 0.1) is 5.82 Å². The number of aromatic nitrogens is 2. The predicted octanol–water partition coefficient (Wildman–Crippen LogP) is 1.53. The largest absolute Gasteiger partial charge is 0.494 e. The molecule has 4 heterocycles. The summed E-state index contributed by atoms with van der Waals surface area (Å²) in [5, 5.41) is 11.0. The molecule has 5 rings (SSSR count). The fourth-order valence-electron chi connectivity index (χ4n) is 4.68. The van der Waals surface area contributed by atoms with Crippen LogP contribution in [0.15, 0.2) is 27.8 Å². The second-order valence-corrected chi connectivity index (χ2v) is 7.82. The molecule has 160 valence electrons. The third-order valence-corrected chi connectivity index (χ3v) is 6.37. The van der Waals surface area contributed by atoms with E-state index < -0.39 is 28.4 Å². The van der Waals surface area contributed by atoms with E-state index in [9.17, 15) is 23.9 Å². The first-order valence-corrected chi connectivity index (χ1v) is 9.79. The molecule has 31 heavy (non-hydrogen) atoms. The Morgan fingerprint density at radius 2 is 2.00 bits per heavy atom. The Morgan fingerprint density at radius 1 is 1.26 bits per heavy atom. The van der Waals surface area contributed by atoms with Crippen LogP contribution in [0.3, 0.4) is 0 Å². The molecule has 8 nitrogen and oxygen atoms in total. The minimum atomic E-state index is -1.97. The number of carbonyl (C=O) groups excluding carboxylic acids is 1. The van der Waals surface area contributed by atoms with E-state index in [-0.39, 0.29) is 53.1 Å².